The standard InChI is InChI=1S/C22H26N2O2/c1-3-26-21-7-5-4-6-20(21)23-14-16-24(17-15-23)22(25)13-12-19-10-8-18(2)9-11-19/h4-13H,3,14-17H2,1-2H3/b13-12+. The SMILES string of the molecule is CCOc1ccccc1N1CCN(C(=O)/C=C/c2ccc(C)cc2)CC1. The molecule has 1 amide bonds. The monoisotopic (exact) mass is 350 g/mol. The van der Waals surface area contributed by atoms with Crippen LogP contribution in [0.5, 0.6) is 5.75 Å². The van der Waals surface area contributed by atoms with Gasteiger partial charge in [-0.25, -0.2) is 0 Å². The van der Waals surface area contributed by atoms with Crippen LogP contribution in [0, 0.1) is 6.92 Å². The number of amides is 1. The Labute approximate surface area is 155 Å². The molecule has 4 nitrogen and oxygen atoms in total. The molecule has 2 aromatic carbocycles. The van der Waals surface area contributed by atoms with E-state index in [-0.39, 0.29) is 5.91 Å². The summed E-state index contributed by atoms with van der Waals surface area (Å²) in [6.45, 7) is 7.77. The van der Waals surface area contributed by atoms with Gasteiger partial charge in [0.2, 0.25) is 5.91 Å². The highest BCUT2D eigenvalue weighted by Gasteiger charge is 2.21. The molecule has 1 aliphatic heterocycles. The molecule has 3 rings (SSSR count). The minimum atomic E-state index is 0.0725. The first-order valence-corrected chi connectivity index (χ1v) is 9.18. The van der Waals surface area contributed by atoms with Crippen LogP contribution in [0.1, 0.15) is 18.1 Å². The maximum atomic E-state index is 12.4. The molecule has 0 atom stereocenters. The van der Waals surface area contributed by atoms with Gasteiger partial charge < -0.3 is 14.5 Å². The molecule has 0 bridgehead atoms. The first-order valence-electron chi connectivity index (χ1n) is 9.18. The van der Waals surface area contributed by atoms with Gasteiger partial charge in [-0.2, -0.15) is 0 Å². The molecule has 2 aromatic rings. The van der Waals surface area contributed by atoms with Gasteiger partial charge in [-0.15, -0.1) is 0 Å². The van der Waals surface area contributed by atoms with Crippen LogP contribution in [0.25, 0.3) is 6.08 Å². The second-order valence-corrected chi connectivity index (χ2v) is 6.46. The molecular formula is C22H26N2O2. The Bertz CT molecular complexity index is 760. The lowest BCUT2D eigenvalue weighted by atomic mass is 10.1. The van der Waals surface area contributed by atoms with Crippen LogP contribution in [0.4, 0.5) is 5.69 Å². The van der Waals surface area contributed by atoms with Crippen molar-refractivity contribution in [2.45, 2.75) is 13.8 Å². The number of carbonyl (C=O) groups excluding carboxylic acids is 1. The van der Waals surface area contributed by atoms with Crippen LogP contribution >= 0.6 is 0 Å². The number of piperazine rings is 1. The molecule has 0 aromatic heterocycles. The summed E-state index contributed by atoms with van der Waals surface area (Å²) in [5, 5.41) is 0. The lowest BCUT2D eigenvalue weighted by Gasteiger charge is -2.36. The second-order valence-electron chi connectivity index (χ2n) is 6.46. The summed E-state index contributed by atoms with van der Waals surface area (Å²) in [6, 6.07) is 16.3. The molecule has 0 saturated carbocycles. The van der Waals surface area contributed by atoms with E-state index in [0.29, 0.717) is 6.61 Å². The van der Waals surface area contributed by atoms with Crippen molar-refractivity contribution in [1.29, 1.82) is 0 Å². The normalized spacial score (nSPS) is 14.7. The predicted molar refractivity (Wildman–Crippen MR) is 107 cm³/mol. The van der Waals surface area contributed by atoms with Crippen LogP contribution < -0.4 is 9.64 Å². The largest absolute Gasteiger partial charge is 0.492 e. The minimum absolute atomic E-state index is 0.0725. The third-order valence-electron chi connectivity index (χ3n) is 4.59. The lowest BCUT2D eigenvalue weighted by Crippen LogP contribution is -2.48. The topological polar surface area (TPSA) is 32.8 Å². The Balaban J connectivity index is 1.58. The van der Waals surface area contributed by atoms with Crippen molar-refractivity contribution in [2.75, 3.05) is 37.7 Å². The number of aryl methyl sites for hydroxylation is 1. The number of para-hydroxylation sites is 2. The highest BCUT2D eigenvalue weighted by atomic mass is 16.5. The van der Waals surface area contributed by atoms with Gasteiger partial charge in [0.1, 0.15) is 5.75 Å². The Morgan fingerprint density at radius 3 is 2.42 bits per heavy atom. The van der Waals surface area contributed by atoms with E-state index >= 15 is 0 Å². The quantitative estimate of drug-likeness (QED) is 0.770. The molecule has 26 heavy (non-hydrogen) atoms. The second kappa shape index (κ2) is 8.56. The van der Waals surface area contributed by atoms with Gasteiger partial charge in [-0.1, -0.05) is 42.0 Å². The number of anilines is 1. The highest BCUT2D eigenvalue weighted by Crippen LogP contribution is 2.28. The van der Waals surface area contributed by atoms with Crippen molar-refractivity contribution in [3.05, 3.63) is 65.7 Å². The van der Waals surface area contributed by atoms with E-state index in [1.807, 2.05) is 48.2 Å². The van der Waals surface area contributed by atoms with E-state index in [1.165, 1.54) is 5.56 Å². The average molecular weight is 350 g/mol. The van der Waals surface area contributed by atoms with Crippen molar-refractivity contribution in [3.63, 3.8) is 0 Å². The van der Waals surface area contributed by atoms with E-state index < -0.39 is 0 Å². The lowest BCUT2D eigenvalue weighted by molar-refractivity contribution is -0.126. The van der Waals surface area contributed by atoms with Crippen LogP contribution in [0.2, 0.25) is 0 Å². The predicted octanol–water partition coefficient (Wildman–Crippen LogP) is 3.76. The van der Waals surface area contributed by atoms with Gasteiger partial charge in [0.05, 0.1) is 12.3 Å². The van der Waals surface area contributed by atoms with Crippen molar-refractivity contribution in [2.24, 2.45) is 0 Å². The van der Waals surface area contributed by atoms with Crippen LogP contribution in [-0.2, 0) is 4.79 Å². The average Bonchev–Trinajstić information content (AvgIpc) is 2.68. The van der Waals surface area contributed by atoms with Gasteiger partial charge >= 0.3 is 0 Å². The maximum absolute atomic E-state index is 12.4. The van der Waals surface area contributed by atoms with Crippen LogP contribution in [0.3, 0.4) is 0 Å². The highest BCUT2D eigenvalue weighted by molar-refractivity contribution is 5.92. The number of benzene rings is 2. The van der Waals surface area contributed by atoms with E-state index in [4.69, 9.17) is 4.74 Å². The van der Waals surface area contributed by atoms with Crippen molar-refractivity contribution < 1.29 is 9.53 Å². The molecule has 0 spiro atoms. The molecular weight excluding hydrogens is 324 g/mol. The van der Waals surface area contributed by atoms with E-state index in [2.05, 4.69) is 30.0 Å². The molecule has 1 fully saturated rings. The van der Waals surface area contributed by atoms with E-state index in [9.17, 15) is 4.79 Å². The van der Waals surface area contributed by atoms with Crippen molar-refractivity contribution in [1.82, 2.24) is 4.90 Å². The Kier molecular flexibility index (Phi) is 5.95. The number of rotatable bonds is 5. The van der Waals surface area contributed by atoms with Gasteiger partial charge in [0, 0.05) is 32.3 Å². The summed E-state index contributed by atoms with van der Waals surface area (Å²) in [5.74, 6) is 0.984. The minimum Gasteiger partial charge on any atom is -0.492 e. The fourth-order valence-electron chi connectivity index (χ4n) is 3.11. The number of carbonyl (C=O) groups is 1. The fraction of sp³-hybridized carbons (Fsp3) is 0.318. The summed E-state index contributed by atoms with van der Waals surface area (Å²) < 4.78 is 5.73. The number of ether oxygens (including phenoxy) is 1. The first kappa shape index (κ1) is 18.1. The summed E-state index contributed by atoms with van der Waals surface area (Å²) in [6.07, 6.45) is 3.56. The number of hydrogen-bond donors (Lipinski definition) is 0. The molecule has 1 saturated heterocycles. The number of nitrogens with zero attached hydrogens (tertiary/aromatic N) is 2. The van der Waals surface area contributed by atoms with Gasteiger partial charge in [0.15, 0.2) is 0 Å². The fourth-order valence-corrected chi connectivity index (χ4v) is 3.11. The molecule has 136 valence electrons. The summed E-state index contributed by atoms with van der Waals surface area (Å²) in [4.78, 5) is 16.6. The Hall–Kier alpha value is -2.75. The Morgan fingerprint density at radius 1 is 1.04 bits per heavy atom. The van der Waals surface area contributed by atoms with Crippen LogP contribution in [-0.4, -0.2) is 43.6 Å². The molecule has 4 heteroatoms. The molecule has 0 N–H and O–H groups in total. The smallest absolute Gasteiger partial charge is 0.246 e. The summed E-state index contributed by atoms with van der Waals surface area (Å²) in [5.41, 5.74) is 3.38. The molecule has 1 aliphatic rings. The zero-order chi connectivity index (χ0) is 18.4. The third-order valence-corrected chi connectivity index (χ3v) is 4.59. The molecule has 0 aliphatic carbocycles. The zero-order valence-corrected chi connectivity index (χ0v) is 15.5. The van der Waals surface area contributed by atoms with Crippen LogP contribution in [0.15, 0.2) is 54.6 Å². The summed E-state index contributed by atoms with van der Waals surface area (Å²) >= 11 is 0. The molecule has 1 heterocycles. The van der Waals surface area contributed by atoms with Crippen molar-refractivity contribution in [3.8, 4) is 5.75 Å². The van der Waals surface area contributed by atoms with Gasteiger partial charge in [-0.05, 0) is 37.6 Å². The zero-order valence-electron chi connectivity index (χ0n) is 15.5. The molecule has 0 unspecified atom stereocenters. The third kappa shape index (κ3) is 4.45. The Morgan fingerprint density at radius 2 is 1.73 bits per heavy atom. The maximum Gasteiger partial charge on any atom is 0.246 e. The number of hydrogen-bond acceptors (Lipinski definition) is 3. The van der Waals surface area contributed by atoms with Gasteiger partial charge in [0.25, 0.3) is 0 Å². The van der Waals surface area contributed by atoms with Gasteiger partial charge in [-0.3, -0.25) is 4.79 Å². The van der Waals surface area contributed by atoms with Crippen molar-refractivity contribution >= 4 is 17.7 Å². The molecule has 0 radical (unpaired) electrons. The first-order chi connectivity index (χ1) is 12.7. The van der Waals surface area contributed by atoms with E-state index in [1.54, 1.807) is 6.08 Å². The summed E-state index contributed by atoms with van der Waals surface area (Å²) in [7, 11) is 0. The van der Waals surface area contributed by atoms with E-state index in [0.717, 1.165) is 43.2 Å².